The van der Waals surface area contributed by atoms with Gasteiger partial charge < -0.3 is 10.1 Å². The van der Waals surface area contributed by atoms with E-state index in [4.69, 9.17) is 16.3 Å². The van der Waals surface area contributed by atoms with Crippen LogP contribution < -0.4 is 10.1 Å². The van der Waals surface area contributed by atoms with Gasteiger partial charge in [0, 0.05) is 10.7 Å². The van der Waals surface area contributed by atoms with Gasteiger partial charge in [-0.2, -0.15) is 0 Å². The highest BCUT2D eigenvalue weighted by Gasteiger charge is 2.14. The number of aryl methyl sites for hydroxylation is 2. The average molecular weight is 330 g/mol. The Labute approximate surface area is 141 Å². The minimum Gasteiger partial charge on any atom is -0.483 e. The molecule has 0 aliphatic heterocycles. The standard InChI is InChI=1S/C19H20ClNO2/c1-13-11-15(20)9-10-17(13)21-19(22)12-23-18-8-4-6-14-5-2-3-7-16(14)18/h4,6,8-11H,2-3,5,7,12H2,1H3,(H,21,22). The van der Waals surface area contributed by atoms with Gasteiger partial charge in [-0.05, 0) is 73.6 Å². The van der Waals surface area contributed by atoms with Crippen LogP contribution in [-0.2, 0) is 17.6 Å². The number of rotatable bonds is 4. The Bertz CT molecular complexity index is 727. The molecule has 0 aromatic heterocycles. The summed E-state index contributed by atoms with van der Waals surface area (Å²) in [5, 5.41) is 3.53. The van der Waals surface area contributed by atoms with Crippen LogP contribution in [0.1, 0.15) is 29.5 Å². The lowest BCUT2D eigenvalue weighted by Crippen LogP contribution is -2.21. The summed E-state index contributed by atoms with van der Waals surface area (Å²) < 4.78 is 5.76. The predicted octanol–water partition coefficient (Wildman–Crippen LogP) is 4.54. The van der Waals surface area contributed by atoms with Gasteiger partial charge in [0.15, 0.2) is 6.61 Å². The van der Waals surface area contributed by atoms with Crippen molar-refractivity contribution in [2.45, 2.75) is 32.6 Å². The van der Waals surface area contributed by atoms with Crippen molar-refractivity contribution < 1.29 is 9.53 Å². The summed E-state index contributed by atoms with van der Waals surface area (Å²) in [5.74, 6) is 0.675. The minimum absolute atomic E-state index is 0.0124. The Morgan fingerprint density at radius 2 is 2.04 bits per heavy atom. The highest BCUT2D eigenvalue weighted by atomic mass is 35.5. The van der Waals surface area contributed by atoms with E-state index in [0.717, 1.165) is 29.8 Å². The van der Waals surface area contributed by atoms with E-state index in [1.165, 1.54) is 24.0 Å². The molecule has 1 aliphatic carbocycles. The SMILES string of the molecule is Cc1cc(Cl)ccc1NC(=O)COc1cccc2c1CCCC2. The number of anilines is 1. The molecule has 3 nitrogen and oxygen atoms in total. The van der Waals surface area contributed by atoms with Crippen LogP contribution in [0, 0.1) is 6.92 Å². The maximum atomic E-state index is 12.1. The number of carbonyl (C=O) groups excluding carboxylic acids is 1. The Balaban J connectivity index is 1.63. The molecule has 4 heteroatoms. The fourth-order valence-corrected chi connectivity index (χ4v) is 3.21. The normalized spacial score (nSPS) is 13.3. The lowest BCUT2D eigenvalue weighted by atomic mass is 9.91. The number of nitrogens with one attached hydrogen (secondary N) is 1. The van der Waals surface area contributed by atoms with Gasteiger partial charge in [0.25, 0.3) is 5.91 Å². The van der Waals surface area contributed by atoms with Crippen molar-refractivity contribution in [3.63, 3.8) is 0 Å². The van der Waals surface area contributed by atoms with E-state index in [9.17, 15) is 4.79 Å². The number of benzene rings is 2. The van der Waals surface area contributed by atoms with E-state index in [0.29, 0.717) is 5.02 Å². The number of hydrogen-bond donors (Lipinski definition) is 1. The maximum absolute atomic E-state index is 12.1. The summed E-state index contributed by atoms with van der Waals surface area (Å²) in [6.45, 7) is 1.93. The highest BCUT2D eigenvalue weighted by Crippen LogP contribution is 2.29. The quantitative estimate of drug-likeness (QED) is 0.894. The number of amides is 1. The molecule has 1 aliphatic rings. The molecule has 0 unspecified atom stereocenters. The van der Waals surface area contributed by atoms with Gasteiger partial charge in [0.1, 0.15) is 5.75 Å². The Morgan fingerprint density at radius 3 is 2.87 bits per heavy atom. The van der Waals surface area contributed by atoms with Gasteiger partial charge in [0.05, 0.1) is 0 Å². The van der Waals surface area contributed by atoms with Crippen LogP contribution >= 0.6 is 11.6 Å². The second-order valence-electron chi connectivity index (χ2n) is 5.90. The molecule has 2 aromatic carbocycles. The molecule has 0 fully saturated rings. The third-order valence-corrected chi connectivity index (χ3v) is 4.41. The summed E-state index contributed by atoms with van der Waals surface area (Å²) in [4.78, 5) is 12.1. The van der Waals surface area contributed by atoms with E-state index in [-0.39, 0.29) is 12.5 Å². The number of ether oxygens (including phenoxy) is 1. The summed E-state index contributed by atoms with van der Waals surface area (Å²) in [6.07, 6.45) is 4.54. The molecule has 120 valence electrons. The molecule has 0 radical (unpaired) electrons. The van der Waals surface area contributed by atoms with Gasteiger partial charge in [-0.25, -0.2) is 0 Å². The fourth-order valence-electron chi connectivity index (χ4n) is 2.98. The topological polar surface area (TPSA) is 38.3 Å². The van der Waals surface area contributed by atoms with E-state index in [1.54, 1.807) is 12.1 Å². The summed E-state index contributed by atoms with van der Waals surface area (Å²) in [7, 11) is 0. The predicted molar refractivity (Wildman–Crippen MR) is 93.4 cm³/mol. The van der Waals surface area contributed by atoms with Crippen LogP contribution in [0.5, 0.6) is 5.75 Å². The Hall–Kier alpha value is -2.00. The molecule has 0 saturated heterocycles. The zero-order chi connectivity index (χ0) is 16.2. The Morgan fingerprint density at radius 1 is 1.22 bits per heavy atom. The molecule has 1 N–H and O–H groups in total. The average Bonchev–Trinajstić information content (AvgIpc) is 2.55. The van der Waals surface area contributed by atoms with Gasteiger partial charge in [-0.15, -0.1) is 0 Å². The third-order valence-electron chi connectivity index (χ3n) is 4.17. The van der Waals surface area contributed by atoms with Gasteiger partial charge in [-0.3, -0.25) is 4.79 Å². The molecule has 0 spiro atoms. The largest absolute Gasteiger partial charge is 0.483 e. The zero-order valence-electron chi connectivity index (χ0n) is 13.2. The minimum atomic E-state index is -0.163. The van der Waals surface area contributed by atoms with Crippen molar-refractivity contribution in [2.75, 3.05) is 11.9 Å². The molecule has 0 bridgehead atoms. The van der Waals surface area contributed by atoms with E-state index < -0.39 is 0 Å². The van der Waals surface area contributed by atoms with E-state index in [2.05, 4.69) is 11.4 Å². The van der Waals surface area contributed by atoms with Crippen LogP contribution in [0.3, 0.4) is 0 Å². The van der Waals surface area contributed by atoms with Crippen LogP contribution in [0.2, 0.25) is 5.02 Å². The van der Waals surface area contributed by atoms with Crippen LogP contribution in [0.4, 0.5) is 5.69 Å². The summed E-state index contributed by atoms with van der Waals surface area (Å²) in [6, 6.07) is 11.5. The smallest absolute Gasteiger partial charge is 0.262 e. The maximum Gasteiger partial charge on any atom is 0.262 e. The van der Waals surface area contributed by atoms with Crippen molar-refractivity contribution in [1.82, 2.24) is 0 Å². The molecule has 0 heterocycles. The van der Waals surface area contributed by atoms with E-state index in [1.807, 2.05) is 25.1 Å². The monoisotopic (exact) mass is 329 g/mol. The van der Waals surface area contributed by atoms with Crippen LogP contribution in [0.15, 0.2) is 36.4 Å². The molecule has 2 aromatic rings. The van der Waals surface area contributed by atoms with Crippen molar-refractivity contribution in [3.8, 4) is 5.75 Å². The first kappa shape index (κ1) is 15.9. The van der Waals surface area contributed by atoms with Gasteiger partial charge in [-0.1, -0.05) is 23.7 Å². The molecule has 1 amide bonds. The van der Waals surface area contributed by atoms with Crippen molar-refractivity contribution in [1.29, 1.82) is 0 Å². The zero-order valence-corrected chi connectivity index (χ0v) is 14.0. The van der Waals surface area contributed by atoms with Crippen molar-refractivity contribution in [3.05, 3.63) is 58.1 Å². The van der Waals surface area contributed by atoms with Crippen molar-refractivity contribution >= 4 is 23.2 Å². The molecule has 23 heavy (non-hydrogen) atoms. The lowest BCUT2D eigenvalue weighted by Gasteiger charge is -2.19. The van der Waals surface area contributed by atoms with Crippen LogP contribution in [-0.4, -0.2) is 12.5 Å². The number of hydrogen-bond acceptors (Lipinski definition) is 2. The summed E-state index contributed by atoms with van der Waals surface area (Å²) >= 11 is 5.92. The molecular formula is C19H20ClNO2. The van der Waals surface area contributed by atoms with Gasteiger partial charge >= 0.3 is 0 Å². The lowest BCUT2D eigenvalue weighted by molar-refractivity contribution is -0.118. The first-order valence-corrected chi connectivity index (χ1v) is 8.31. The van der Waals surface area contributed by atoms with E-state index >= 15 is 0 Å². The third kappa shape index (κ3) is 3.85. The number of carbonyl (C=O) groups is 1. The Kier molecular flexibility index (Phi) is 4.87. The summed E-state index contributed by atoms with van der Waals surface area (Å²) in [5.41, 5.74) is 4.30. The first-order valence-electron chi connectivity index (χ1n) is 7.93. The highest BCUT2D eigenvalue weighted by molar-refractivity contribution is 6.30. The van der Waals surface area contributed by atoms with Crippen molar-refractivity contribution in [2.24, 2.45) is 0 Å². The molecular weight excluding hydrogens is 310 g/mol. The second-order valence-corrected chi connectivity index (χ2v) is 6.33. The molecule has 3 rings (SSSR count). The number of fused-ring (bicyclic) bond motifs is 1. The van der Waals surface area contributed by atoms with Crippen LogP contribution in [0.25, 0.3) is 0 Å². The fraction of sp³-hybridized carbons (Fsp3) is 0.316. The number of halogens is 1. The molecule has 0 atom stereocenters. The van der Waals surface area contributed by atoms with Gasteiger partial charge in [0.2, 0.25) is 0 Å². The second kappa shape index (κ2) is 7.05. The molecule has 0 saturated carbocycles. The first-order chi connectivity index (χ1) is 11.1.